The number of nitro groups is 1. The summed E-state index contributed by atoms with van der Waals surface area (Å²) in [6, 6.07) is 7.77. The Bertz CT molecular complexity index is 641. The van der Waals surface area contributed by atoms with Crippen LogP contribution in [0.3, 0.4) is 0 Å². The third kappa shape index (κ3) is 2.92. The average Bonchev–Trinajstić information content (AvgIpc) is 2.41. The first-order valence-corrected chi connectivity index (χ1v) is 6.05. The highest BCUT2D eigenvalue weighted by Crippen LogP contribution is 2.34. The van der Waals surface area contributed by atoms with E-state index in [0.29, 0.717) is 17.0 Å². The molecule has 0 saturated carbocycles. The first-order valence-electron chi connectivity index (χ1n) is 6.05. The Kier molecular flexibility index (Phi) is 3.95. The fourth-order valence-corrected chi connectivity index (χ4v) is 1.72. The van der Waals surface area contributed by atoms with Crippen molar-refractivity contribution in [1.29, 1.82) is 0 Å². The largest absolute Gasteiger partial charge is 0.448 e. The molecule has 20 heavy (non-hydrogen) atoms. The molecule has 1 aromatic heterocycles. The first kappa shape index (κ1) is 14.0. The second kappa shape index (κ2) is 5.66. The molecular formula is C14H14N2O4. The molecule has 0 aliphatic carbocycles. The number of aliphatic hydroxyl groups is 1. The molecule has 0 saturated heterocycles. The number of nitro benzene ring substituents is 1. The fraction of sp³-hybridized carbons (Fsp3) is 0.214. The Morgan fingerprint density at radius 2 is 2.10 bits per heavy atom. The molecule has 0 aliphatic rings. The molecule has 2 rings (SSSR count). The molecule has 0 radical (unpaired) electrons. The minimum atomic E-state index is -0.775. The van der Waals surface area contributed by atoms with Crippen molar-refractivity contribution >= 4 is 5.69 Å². The third-order valence-electron chi connectivity index (χ3n) is 2.84. The van der Waals surface area contributed by atoms with Crippen molar-refractivity contribution in [3.05, 3.63) is 57.9 Å². The molecule has 1 heterocycles. The first-order chi connectivity index (χ1) is 9.49. The monoisotopic (exact) mass is 274 g/mol. The third-order valence-corrected chi connectivity index (χ3v) is 2.84. The highest BCUT2D eigenvalue weighted by molar-refractivity contribution is 5.51. The van der Waals surface area contributed by atoms with Crippen molar-refractivity contribution in [2.75, 3.05) is 0 Å². The van der Waals surface area contributed by atoms with E-state index in [1.54, 1.807) is 38.2 Å². The van der Waals surface area contributed by atoms with E-state index >= 15 is 0 Å². The van der Waals surface area contributed by atoms with Crippen molar-refractivity contribution in [1.82, 2.24) is 4.98 Å². The highest BCUT2D eigenvalue weighted by atomic mass is 16.6. The maximum absolute atomic E-state index is 11.1. The zero-order valence-electron chi connectivity index (χ0n) is 11.1. The summed E-state index contributed by atoms with van der Waals surface area (Å²) >= 11 is 0. The summed E-state index contributed by atoms with van der Waals surface area (Å²) in [5, 5.41) is 20.6. The van der Waals surface area contributed by atoms with Crippen LogP contribution in [0.1, 0.15) is 24.3 Å². The van der Waals surface area contributed by atoms with E-state index in [0.717, 1.165) is 0 Å². The van der Waals surface area contributed by atoms with Crippen LogP contribution in [0.15, 0.2) is 36.5 Å². The summed E-state index contributed by atoms with van der Waals surface area (Å²) in [6.45, 7) is 3.30. The molecule has 0 amide bonds. The lowest BCUT2D eigenvalue weighted by Crippen LogP contribution is -1.98. The topological polar surface area (TPSA) is 85.5 Å². The molecule has 6 nitrogen and oxygen atoms in total. The lowest BCUT2D eigenvalue weighted by Gasteiger charge is -2.10. The fourth-order valence-electron chi connectivity index (χ4n) is 1.72. The van der Waals surface area contributed by atoms with Crippen LogP contribution in [0.2, 0.25) is 0 Å². The molecule has 0 unspecified atom stereocenters. The van der Waals surface area contributed by atoms with Gasteiger partial charge in [0.15, 0.2) is 0 Å². The summed E-state index contributed by atoms with van der Waals surface area (Å²) < 4.78 is 5.55. The van der Waals surface area contributed by atoms with Gasteiger partial charge in [0.2, 0.25) is 5.75 Å². The van der Waals surface area contributed by atoms with E-state index in [1.807, 2.05) is 0 Å². The Labute approximate surface area is 115 Å². The van der Waals surface area contributed by atoms with Gasteiger partial charge < -0.3 is 9.84 Å². The molecule has 1 N–H and O–H groups in total. The van der Waals surface area contributed by atoms with E-state index < -0.39 is 11.0 Å². The second-order valence-electron chi connectivity index (χ2n) is 4.35. The van der Waals surface area contributed by atoms with Gasteiger partial charge in [0.1, 0.15) is 5.75 Å². The maximum Gasteiger partial charge on any atom is 0.311 e. The highest BCUT2D eigenvalue weighted by Gasteiger charge is 2.18. The molecule has 2 aromatic rings. The Morgan fingerprint density at radius 1 is 1.35 bits per heavy atom. The van der Waals surface area contributed by atoms with Crippen molar-refractivity contribution in [2.45, 2.75) is 20.0 Å². The predicted molar refractivity (Wildman–Crippen MR) is 72.8 cm³/mol. The van der Waals surface area contributed by atoms with Crippen LogP contribution in [0.4, 0.5) is 5.69 Å². The summed E-state index contributed by atoms with van der Waals surface area (Å²) in [5.74, 6) is 0.580. The average molecular weight is 274 g/mol. The molecule has 1 atom stereocenters. The number of hydrogen-bond acceptors (Lipinski definition) is 5. The van der Waals surface area contributed by atoms with Crippen LogP contribution < -0.4 is 4.74 Å². The lowest BCUT2D eigenvalue weighted by molar-refractivity contribution is -0.385. The van der Waals surface area contributed by atoms with Gasteiger partial charge in [-0.15, -0.1) is 0 Å². The van der Waals surface area contributed by atoms with E-state index in [2.05, 4.69) is 4.98 Å². The van der Waals surface area contributed by atoms with Gasteiger partial charge in [0.25, 0.3) is 0 Å². The van der Waals surface area contributed by atoms with Crippen LogP contribution in [-0.4, -0.2) is 15.0 Å². The quantitative estimate of drug-likeness (QED) is 0.683. The van der Waals surface area contributed by atoms with E-state index in [-0.39, 0.29) is 11.4 Å². The van der Waals surface area contributed by atoms with Gasteiger partial charge in [-0.25, -0.2) is 0 Å². The summed E-state index contributed by atoms with van der Waals surface area (Å²) in [4.78, 5) is 14.6. The SMILES string of the molecule is Cc1ncccc1Oc1ccc([C@H](C)O)cc1[N+](=O)[O-]. The summed E-state index contributed by atoms with van der Waals surface area (Å²) in [7, 11) is 0. The van der Waals surface area contributed by atoms with Gasteiger partial charge in [-0.05, 0) is 37.6 Å². The van der Waals surface area contributed by atoms with Crippen LogP contribution in [0.5, 0.6) is 11.5 Å². The van der Waals surface area contributed by atoms with Gasteiger partial charge in [-0.1, -0.05) is 6.07 Å². The van der Waals surface area contributed by atoms with Crippen molar-refractivity contribution in [3.8, 4) is 11.5 Å². The maximum atomic E-state index is 11.1. The number of rotatable bonds is 4. The number of hydrogen-bond donors (Lipinski definition) is 1. The van der Waals surface area contributed by atoms with E-state index in [9.17, 15) is 15.2 Å². The lowest BCUT2D eigenvalue weighted by atomic mass is 10.1. The minimum Gasteiger partial charge on any atom is -0.448 e. The van der Waals surface area contributed by atoms with Gasteiger partial charge in [-0.2, -0.15) is 0 Å². The molecule has 0 spiro atoms. The molecule has 1 aromatic carbocycles. The van der Waals surface area contributed by atoms with Crippen LogP contribution in [-0.2, 0) is 0 Å². The van der Waals surface area contributed by atoms with Gasteiger partial charge in [0.05, 0.1) is 16.7 Å². The van der Waals surface area contributed by atoms with Crippen LogP contribution in [0.25, 0.3) is 0 Å². The number of aromatic nitrogens is 1. The number of pyridine rings is 1. The second-order valence-corrected chi connectivity index (χ2v) is 4.35. The number of nitrogens with zero attached hydrogens (tertiary/aromatic N) is 2. The van der Waals surface area contributed by atoms with Crippen LogP contribution >= 0.6 is 0 Å². The van der Waals surface area contributed by atoms with Crippen molar-refractivity contribution < 1.29 is 14.8 Å². The van der Waals surface area contributed by atoms with Crippen molar-refractivity contribution in [3.63, 3.8) is 0 Å². The van der Waals surface area contributed by atoms with Crippen LogP contribution in [0, 0.1) is 17.0 Å². The molecule has 0 bridgehead atoms. The van der Waals surface area contributed by atoms with Gasteiger partial charge in [0, 0.05) is 12.3 Å². The Hall–Kier alpha value is -2.47. The zero-order valence-corrected chi connectivity index (χ0v) is 11.1. The van der Waals surface area contributed by atoms with E-state index in [4.69, 9.17) is 4.74 Å². The van der Waals surface area contributed by atoms with Gasteiger partial charge >= 0.3 is 5.69 Å². The van der Waals surface area contributed by atoms with E-state index in [1.165, 1.54) is 12.1 Å². The number of benzene rings is 1. The molecule has 0 fully saturated rings. The normalized spacial score (nSPS) is 11.9. The molecule has 0 aliphatic heterocycles. The number of aryl methyl sites for hydroxylation is 1. The van der Waals surface area contributed by atoms with Gasteiger partial charge in [-0.3, -0.25) is 15.1 Å². The van der Waals surface area contributed by atoms with Crippen molar-refractivity contribution in [2.24, 2.45) is 0 Å². The number of ether oxygens (including phenoxy) is 1. The summed E-state index contributed by atoms with van der Waals surface area (Å²) in [6.07, 6.45) is 0.843. The standard InChI is InChI=1S/C14H14N2O4/c1-9-13(4-3-7-15-9)20-14-6-5-11(10(2)17)8-12(14)16(18)19/h3-8,10,17H,1-2H3/t10-/m0/s1. The number of aliphatic hydroxyl groups excluding tert-OH is 1. The summed E-state index contributed by atoms with van der Waals surface area (Å²) in [5.41, 5.74) is 0.917. The smallest absolute Gasteiger partial charge is 0.311 e. The molecular weight excluding hydrogens is 260 g/mol. The predicted octanol–water partition coefficient (Wildman–Crippen LogP) is 3.14. The Balaban J connectivity index is 2.41. The minimum absolute atomic E-state index is 0.121. The molecule has 6 heteroatoms. The zero-order chi connectivity index (χ0) is 14.7. The Morgan fingerprint density at radius 3 is 2.70 bits per heavy atom. The molecule has 104 valence electrons.